The van der Waals surface area contributed by atoms with E-state index in [1.807, 2.05) is 27.8 Å². The van der Waals surface area contributed by atoms with Gasteiger partial charge in [-0.1, -0.05) is 5.16 Å². The van der Waals surface area contributed by atoms with Crippen LogP contribution < -0.4 is 0 Å². The molecule has 7 heteroatoms. The Morgan fingerprint density at radius 3 is 2.14 bits per heavy atom. The van der Waals surface area contributed by atoms with Crippen LogP contribution >= 0.6 is 0 Å². The molecule has 0 N–H and O–H groups in total. The van der Waals surface area contributed by atoms with Gasteiger partial charge in [0.2, 0.25) is 0 Å². The molecule has 0 unspecified atom stereocenters. The summed E-state index contributed by atoms with van der Waals surface area (Å²) in [6.45, 7) is 13.7. The third kappa shape index (κ3) is 4.00. The van der Waals surface area contributed by atoms with Gasteiger partial charge >= 0.3 is 5.97 Å². The monoisotopic (exact) mass is 388 g/mol. The third-order valence-corrected chi connectivity index (χ3v) is 6.12. The van der Waals surface area contributed by atoms with Crippen LogP contribution in [0.5, 0.6) is 0 Å². The van der Waals surface area contributed by atoms with Crippen LogP contribution in [0.2, 0.25) is 0 Å². The summed E-state index contributed by atoms with van der Waals surface area (Å²) in [5.74, 6) is 0.669. The van der Waals surface area contributed by atoms with Crippen molar-refractivity contribution in [1.82, 2.24) is 19.5 Å². The molecule has 0 bridgehead atoms. The van der Waals surface area contributed by atoms with Crippen molar-refractivity contribution in [2.24, 2.45) is 7.05 Å². The second kappa shape index (κ2) is 8.49. The lowest BCUT2D eigenvalue weighted by Gasteiger charge is -2.22. The second-order valence-electron chi connectivity index (χ2n) is 7.78. The summed E-state index contributed by atoms with van der Waals surface area (Å²) in [5, 5.41) is 4.07. The number of carbonyl (C=O) groups is 1. The molecule has 0 spiro atoms. The van der Waals surface area contributed by atoms with Crippen molar-refractivity contribution in [3.8, 4) is 0 Å². The van der Waals surface area contributed by atoms with E-state index in [-0.39, 0.29) is 5.97 Å². The molecule has 3 rings (SSSR count). The van der Waals surface area contributed by atoms with E-state index in [1.54, 1.807) is 0 Å². The molecule has 0 saturated carbocycles. The van der Waals surface area contributed by atoms with Gasteiger partial charge in [0.15, 0.2) is 0 Å². The van der Waals surface area contributed by atoms with Gasteiger partial charge in [0.25, 0.3) is 0 Å². The Kier molecular flexibility index (Phi) is 6.25. The lowest BCUT2D eigenvalue weighted by atomic mass is 10.1. The van der Waals surface area contributed by atoms with Crippen LogP contribution in [0.3, 0.4) is 0 Å². The van der Waals surface area contributed by atoms with Crippen molar-refractivity contribution >= 4 is 5.97 Å². The highest BCUT2D eigenvalue weighted by Crippen LogP contribution is 2.25. The normalized spacial score (nSPS) is 16.4. The molecule has 0 atom stereocenters. The molecule has 0 amide bonds. The first-order chi connectivity index (χ1) is 13.3. The van der Waals surface area contributed by atoms with Gasteiger partial charge in [-0.25, -0.2) is 4.79 Å². The van der Waals surface area contributed by atoms with E-state index in [2.05, 4.69) is 26.4 Å². The van der Waals surface area contributed by atoms with Gasteiger partial charge in [-0.15, -0.1) is 0 Å². The number of carbonyl (C=O) groups excluding carboxylic acids is 1. The molecule has 7 nitrogen and oxygen atoms in total. The van der Waals surface area contributed by atoms with Gasteiger partial charge < -0.3 is 13.8 Å². The van der Waals surface area contributed by atoms with Crippen LogP contribution in [-0.2, 0) is 24.9 Å². The smallest absolute Gasteiger partial charge is 0.340 e. The van der Waals surface area contributed by atoms with Gasteiger partial charge in [-0.2, -0.15) is 0 Å². The Hall–Kier alpha value is -2.12. The molecule has 0 aromatic carbocycles. The standard InChI is InChI=1S/C21H32N4O3/c1-14-18(17(4)28-22-14)12-24-8-7-9-25(11-10-24)13-19-15(2)23(5)16(3)20(19)21(26)27-6/h7-13H2,1-6H3. The number of nitrogens with zero attached hydrogens (tertiary/aromatic N) is 4. The van der Waals surface area contributed by atoms with E-state index in [4.69, 9.17) is 9.26 Å². The van der Waals surface area contributed by atoms with Gasteiger partial charge in [-0.05, 0) is 47.2 Å². The van der Waals surface area contributed by atoms with Crippen molar-refractivity contribution < 1.29 is 14.1 Å². The van der Waals surface area contributed by atoms with Crippen LogP contribution in [0.1, 0.15) is 50.7 Å². The fourth-order valence-corrected chi connectivity index (χ4v) is 4.10. The summed E-state index contributed by atoms with van der Waals surface area (Å²) in [6.07, 6.45) is 1.10. The van der Waals surface area contributed by atoms with Crippen molar-refractivity contribution in [3.63, 3.8) is 0 Å². The topological polar surface area (TPSA) is 63.7 Å². The van der Waals surface area contributed by atoms with Crippen LogP contribution in [0.4, 0.5) is 0 Å². The fourth-order valence-electron chi connectivity index (χ4n) is 4.10. The predicted octanol–water partition coefficient (Wildman–Crippen LogP) is 2.74. The van der Waals surface area contributed by atoms with Gasteiger partial charge in [0, 0.05) is 55.7 Å². The molecule has 2 aromatic rings. The summed E-state index contributed by atoms with van der Waals surface area (Å²) in [5.41, 5.74) is 6.10. The largest absolute Gasteiger partial charge is 0.465 e. The van der Waals surface area contributed by atoms with E-state index >= 15 is 0 Å². The maximum atomic E-state index is 12.3. The fraction of sp³-hybridized carbons (Fsp3) is 0.619. The molecule has 0 radical (unpaired) electrons. The minimum atomic E-state index is -0.244. The van der Waals surface area contributed by atoms with E-state index in [9.17, 15) is 4.79 Å². The van der Waals surface area contributed by atoms with Gasteiger partial charge in [0.1, 0.15) is 5.76 Å². The molecule has 154 valence electrons. The Morgan fingerprint density at radius 1 is 1.00 bits per heavy atom. The number of aryl methyl sites for hydroxylation is 2. The number of methoxy groups -OCH3 is 1. The highest BCUT2D eigenvalue weighted by atomic mass is 16.5. The van der Waals surface area contributed by atoms with E-state index in [0.717, 1.165) is 79.7 Å². The molecule has 3 heterocycles. The molecule has 1 aliphatic rings. The molecule has 1 saturated heterocycles. The summed E-state index contributed by atoms with van der Waals surface area (Å²) in [6, 6.07) is 0. The number of aromatic nitrogens is 2. The Bertz CT molecular complexity index is 833. The van der Waals surface area contributed by atoms with Gasteiger partial charge in [-0.3, -0.25) is 9.80 Å². The number of hydrogen-bond acceptors (Lipinski definition) is 6. The average molecular weight is 389 g/mol. The van der Waals surface area contributed by atoms with Crippen LogP contribution in [0.25, 0.3) is 0 Å². The second-order valence-corrected chi connectivity index (χ2v) is 7.78. The third-order valence-electron chi connectivity index (χ3n) is 6.12. The maximum absolute atomic E-state index is 12.3. The van der Waals surface area contributed by atoms with Crippen molar-refractivity contribution in [2.75, 3.05) is 33.3 Å². The van der Waals surface area contributed by atoms with E-state index in [1.165, 1.54) is 12.7 Å². The highest BCUT2D eigenvalue weighted by Gasteiger charge is 2.25. The molecule has 2 aromatic heterocycles. The maximum Gasteiger partial charge on any atom is 0.340 e. The summed E-state index contributed by atoms with van der Waals surface area (Å²) in [4.78, 5) is 17.3. The number of hydrogen-bond donors (Lipinski definition) is 0. The Balaban J connectivity index is 1.70. The van der Waals surface area contributed by atoms with E-state index in [0.29, 0.717) is 0 Å². The zero-order chi connectivity index (χ0) is 20.4. The summed E-state index contributed by atoms with van der Waals surface area (Å²) < 4.78 is 12.4. The molecular weight excluding hydrogens is 356 g/mol. The quantitative estimate of drug-likeness (QED) is 0.734. The van der Waals surface area contributed by atoms with Crippen LogP contribution in [0, 0.1) is 27.7 Å². The van der Waals surface area contributed by atoms with Crippen LogP contribution in [0.15, 0.2) is 4.52 Å². The first-order valence-corrected chi connectivity index (χ1v) is 9.93. The minimum absolute atomic E-state index is 0.244. The zero-order valence-electron chi connectivity index (χ0n) is 18.0. The van der Waals surface area contributed by atoms with Crippen molar-refractivity contribution in [1.29, 1.82) is 0 Å². The summed E-state index contributed by atoms with van der Waals surface area (Å²) >= 11 is 0. The van der Waals surface area contributed by atoms with Gasteiger partial charge in [0.05, 0.1) is 18.4 Å². The predicted molar refractivity (Wildman–Crippen MR) is 107 cm³/mol. The first-order valence-electron chi connectivity index (χ1n) is 9.93. The number of ether oxygens (including phenoxy) is 1. The average Bonchev–Trinajstić information content (AvgIpc) is 2.99. The van der Waals surface area contributed by atoms with Crippen molar-refractivity contribution in [2.45, 2.75) is 47.2 Å². The SMILES string of the molecule is COC(=O)c1c(CN2CCCN(Cc3c(C)noc3C)CC2)c(C)n(C)c1C. The molecule has 28 heavy (non-hydrogen) atoms. The lowest BCUT2D eigenvalue weighted by molar-refractivity contribution is 0.0597. The molecule has 1 fully saturated rings. The summed E-state index contributed by atoms with van der Waals surface area (Å²) in [7, 11) is 3.46. The molecule has 0 aliphatic carbocycles. The Labute approximate surface area is 167 Å². The molecule has 1 aliphatic heterocycles. The van der Waals surface area contributed by atoms with Crippen LogP contribution in [-0.4, -0.2) is 58.8 Å². The highest BCUT2D eigenvalue weighted by molar-refractivity contribution is 5.93. The Morgan fingerprint density at radius 2 is 1.61 bits per heavy atom. The first kappa shape index (κ1) is 20.6. The minimum Gasteiger partial charge on any atom is -0.465 e. The number of rotatable bonds is 5. The number of esters is 1. The van der Waals surface area contributed by atoms with E-state index < -0.39 is 0 Å². The zero-order valence-corrected chi connectivity index (χ0v) is 18.0. The molecular formula is C21H32N4O3. The van der Waals surface area contributed by atoms with Crippen molar-refractivity contribution in [3.05, 3.63) is 39.5 Å². The lowest BCUT2D eigenvalue weighted by Crippen LogP contribution is -2.31.